The molecule has 2 atom stereocenters. The second kappa shape index (κ2) is 5.54. The van der Waals surface area contributed by atoms with E-state index in [1.54, 1.807) is 0 Å². The molecule has 104 valence electrons. The Morgan fingerprint density at radius 3 is 2.89 bits per heavy atom. The largest absolute Gasteiger partial charge is 0.456 e. The second-order valence-corrected chi connectivity index (χ2v) is 5.54. The van der Waals surface area contributed by atoms with Gasteiger partial charge in [-0.05, 0) is 24.6 Å². The summed E-state index contributed by atoms with van der Waals surface area (Å²) in [5, 5.41) is 3.10. The normalized spacial score (nSPS) is 23.2. The monoisotopic (exact) mass is 333 g/mol. The topological polar surface area (TPSA) is 38.3 Å². The molecule has 1 saturated heterocycles. The quantitative estimate of drug-likeness (QED) is 0.860. The number of carbonyl (C=O) groups excluding carboxylic acids is 1. The zero-order valence-corrected chi connectivity index (χ0v) is 11.9. The van der Waals surface area contributed by atoms with E-state index in [4.69, 9.17) is 0 Å². The van der Waals surface area contributed by atoms with Gasteiger partial charge in [0.2, 0.25) is 0 Å². The fourth-order valence-electron chi connectivity index (χ4n) is 1.96. The fourth-order valence-corrected chi connectivity index (χ4v) is 2.38. The van der Waals surface area contributed by atoms with Crippen LogP contribution in [0.15, 0.2) is 28.7 Å². The van der Waals surface area contributed by atoms with Crippen molar-refractivity contribution in [1.29, 1.82) is 0 Å². The van der Waals surface area contributed by atoms with Gasteiger partial charge in [0, 0.05) is 17.1 Å². The lowest BCUT2D eigenvalue weighted by Crippen LogP contribution is -2.29. The van der Waals surface area contributed by atoms with Crippen molar-refractivity contribution in [1.82, 2.24) is 5.32 Å². The van der Waals surface area contributed by atoms with E-state index >= 15 is 0 Å². The van der Waals surface area contributed by atoms with E-state index < -0.39 is 24.4 Å². The summed E-state index contributed by atoms with van der Waals surface area (Å²) in [5.41, 5.74) is 1.03. The van der Waals surface area contributed by atoms with Crippen molar-refractivity contribution in [3.63, 3.8) is 0 Å². The molecule has 1 unspecified atom stereocenters. The second-order valence-electron chi connectivity index (χ2n) is 4.62. The molecule has 0 aliphatic carbocycles. The molecule has 1 fully saturated rings. The van der Waals surface area contributed by atoms with Gasteiger partial charge in [0.25, 0.3) is 0 Å². The number of carbonyl (C=O) groups is 1. The summed E-state index contributed by atoms with van der Waals surface area (Å²) in [5.74, 6) is -4.76. The smallest absolute Gasteiger partial charge is 0.377 e. The van der Waals surface area contributed by atoms with Gasteiger partial charge < -0.3 is 10.1 Å². The van der Waals surface area contributed by atoms with Crippen LogP contribution in [0.3, 0.4) is 0 Å². The Morgan fingerprint density at radius 2 is 2.32 bits per heavy atom. The Hall–Kier alpha value is -1.01. The highest BCUT2D eigenvalue weighted by Crippen LogP contribution is 2.30. The third-order valence-corrected chi connectivity index (χ3v) is 3.55. The Morgan fingerprint density at radius 1 is 1.58 bits per heavy atom. The Labute approximate surface area is 118 Å². The van der Waals surface area contributed by atoms with Crippen LogP contribution in [0.2, 0.25) is 0 Å². The molecule has 6 heteroatoms. The molecule has 0 aromatic heterocycles. The third kappa shape index (κ3) is 3.51. The van der Waals surface area contributed by atoms with Gasteiger partial charge in [-0.25, -0.2) is 4.79 Å². The van der Waals surface area contributed by atoms with Gasteiger partial charge in [-0.1, -0.05) is 28.1 Å². The van der Waals surface area contributed by atoms with Crippen molar-refractivity contribution in [2.45, 2.75) is 31.4 Å². The molecule has 1 aliphatic rings. The number of alkyl halides is 2. The highest BCUT2D eigenvalue weighted by molar-refractivity contribution is 9.10. The van der Waals surface area contributed by atoms with E-state index in [9.17, 15) is 13.6 Å². The third-order valence-electron chi connectivity index (χ3n) is 3.06. The first kappa shape index (κ1) is 14.4. The van der Waals surface area contributed by atoms with Crippen LogP contribution in [-0.4, -0.2) is 24.5 Å². The van der Waals surface area contributed by atoms with Gasteiger partial charge in [-0.15, -0.1) is 0 Å². The predicted molar refractivity (Wildman–Crippen MR) is 70.0 cm³/mol. The maximum Gasteiger partial charge on any atom is 0.377 e. The van der Waals surface area contributed by atoms with Crippen LogP contribution in [0.1, 0.15) is 24.9 Å². The average Bonchev–Trinajstić information content (AvgIpc) is 2.60. The van der Waals surface area contributed by atoms with Crippen LogP contribution < -0.4 is 5.32 Å². The van der Waals surface area contributed by atoms with E-state index in [1.807, 2.05) is 31.2 Å². The van der Waals surface area contributed by atoms with Gasteiger partial charge in [-0.3, -0.25) is 0 Å². The summed E-state index contributed by atoms with van der Waals surface area (Å²) < 4.78 is 31.5. The molecule has 0 spiro atoms. The zero-order chi connectivity index (χ0) is 14.0. The molecule has 1 N–H and O–H groups in total. The number of cyclic esters (lactones) is 1. The SMILES string of the molecule is C[C@H](NCC1CC(F)(F)C(=O)O1)c1cccc(Br)c1. The van der Waals surface area contributed by atoms with Crippen molar-refractivity contribution >= 4 is 21.9 Å². The number of rotatable bonds is 4. The van der Waals surface area contributed by atoms with Crippen molar-refractivity contribution in [2.75, 3.05) is 6.54 Å². The van der Waals surface area contributed by atoms with Gasteiger partial charge in [0.05, 0.1) is 6.42 Å². The molecule has 3 nitrogen and oxygen atoms in total. The van der Waals surface area contributed by atoms with Crippen LogP contribution in [-0.2, 0) is 9.53 Å². The van der Waals surface area contributed by atoms with Crippen molar-refractivity contribution in [3.05, 3.63) is 34.3 Å². The van der Waals surface area contributed by atoms with Crippen LogP contribution in [0, 0.1) is 0 Å². The average molecular weight is 334 g/mol. The number of hydrogen-bond acceptors (Lipinski definition) is 3. The van der Waals surface area contributed by atoms with E-state index in [2.05, 4.69) is 26.0 Å². The fraction of sp³-hybridized carbons (Fsp3) is 0.462. The minimum absolute atomic E-state index is 0.00887. The standard InChI is InChI=1S/C13H14BrF2NO2/c1-8(9-3-2-4-10(14)5-9)17-7-11-6-13(15,16)12(18)19-11/h2-5,8,11,17H,6-7H2,1H3/t8-,11?/m0/s1. The Bertz CT molecular complexity index is 481. The molecule has 19 heavy (non-hydrogen) atoms. The maximum absolute atomic E-state index is 13.0. The summed E-state index contributed by atoms with van der Waals surface area (Å²) in [6.07, 6.45) is -1.32. The predicted octanol–water partition coefficient (Wildman–Crippen LogP) is 3.05. The van der Waals surface area contributed by atoms with E-state index in [0.29, 0.717) is 0 Å². The van der Waals surface area contributed by atoms with E-state index in [0.717, 1.165) is 10.0 Å². The summed E-state index contributed by atoms with van der Waals surface area (Å²) in [6.45, 7) is 2.14. The highest BCUT2D eigenvalue weighted by atomic mass is 79.9. The van der Waals surface area contributed by atoms with Gasteiger partial charge in [0.1, 0.15) is 6.10 Å². The Kier molecular flexibility index (Phi) is 4.20. The number of hydrogen-bond donors (Lipinski definition) is 1. The molecule has 0 bridgehead atoms. The number of ether oxygens (including phenoxy) is 1. The lowest BCUT2D eigenvalue weighted by Gasteiger charge is -2.17. The van der Waals surface area contributed by atoms with E-state index in [1.165, 1.54) is 0 Å². The molecule has 0 amide bonds. The maximum atomic E-state index is 13.0. The summed E-state index contributed by atoms with van der Waals surface area (Å²) >= 11 is 3.37. The molecule has 1 aromatic carbocycles. The molecule has 2 rings (SSSR count). The molecule has 1 heterocycles. The van der Waals surface area contributed by atoms with Crippen molar-refractivity contribution in [2.24, 2.45) is 0 Å². The number of halogens is 3. The van der Waals surface area contributed by atoms with Crippen LogP contribution >= 0.6 is 15.9 Å². The Balaban J connectivity index is 1.88. The first-order valence-corrected chi connectivity index (χ1v) is 6.75. The number of esters is 1. The summed E-state index contributed by atoms with van der Waals surface area (Å²) in [7, 11) is 0. The zero-order valence-electron chi connectivity index (χ0n) is 10.3. The number of nitrogens with one attached hydrogen (secondary N) is 1. The molecule has 0 saturated carbocycles. The number of benzene rings is 1. The summed E-state index contributed by atoms with van der Waals surface area (Å²) in [6, 6.07) is 7.70. The molecule has 0 radical (unpaired) electrons. The van der Waals surface area contributed by atoms with E-state index in [-0.39, 0.29) is 12.6 Å². The van der Waals surface area contributed by atoms with Gasteiger partial charge in [0.15, 0.2) is 0 Å². The molecule has 1 aliphatic heterocycles. The minimum atomic E-state index is -3.34. The van der Waals surface area contributed by atoms with Gasteiger partial charge in [-0.2, -0.15) is 8.78 Å². The first-order chi connectivity index (χ1) is 8.88. The van der Waals surface area contributed by atoms with Crippen molar-refractivity contribution in [3.8, 4) is 0 Å². The van der Waals surface area contributed by atoms with Crippen LogP contribution in [0.5, 0.6) is 0 Å². The van der Waals surface area contributed by atoms with Crippen molar-refractivity contribution < 1.29 is 18.3 Å². The molecule has 1 aromatic rings. The lowest BCUT2D eigenvalue weighted by molar-refractivity contribution is -0.159. The first-order valence-electron chi connectivity index (χ1n) is 5.96. The summed E-state index contributed by atoms with van der Waals surface area (Å²) in [4.78, 5) is 10.9. The minimum Gasteiger partial charge on any atom is -0.456 e. The van der Waals surface area contributed by atoms with Crippen LogP contribution in [0.4, 0.5) is 8.78 Å². The lowest BCUT2D eigenvalue weighted by atomic mass is 10.1. The highest BCUT2D eigenvalue weighted by Gasteiger charge is 2.50. The van der Waals surface area contributed by atoms with Gasteiger partial charge >= 0.3 is 11.9 Å². The molecular formula is C13H14BrF2NO2. The molecular weight excluding hydrogens is 320 g/mol. The van der Waals surface area contributed by atoms with Crippen LogP contribution in [0.25, 0.3) is 0 Å².